The Morgan fingerprint density at radius 3 is 2.61 bits per heavy atom. The molecule has 0 fully saturated rings. The number of rotatable bonds is 7. The lowest BCUT2D eigenvalue weighted by atomic mass is 10.1. The van der Waals surface area contributed by atoms with E-state index in [-0.39, 0.29) is 11.8 Å². The summed E-state index contributed by atoms with van der Waals surface area (Å²) in [5.74, 6) is 0.144. The Kier molecular flexibility index (Phi) is 6.55. The van der Waals surface area contributed by atoms with Crippen LogP contribution >= 0.6 is 11.3 Å². The SMILES string of the molecule is CC(C)CC(=O)Nc1cccc(CNC(=O)c2cnc(-c3ccccc3)s2)c1. The lowest BCUT2D eigenvalue weighted by molar-refractivity contribution is -0.116. The standard InChI is InChI=1S/C22H23N3O2S/c1-15(2)11-20(26)25-18-10-6-7-16(12-18)13-23-21(27)19-14-24-22(28-19)17-8-4-3-5-9-17/h3-10,12,14-15H,11,13H2,1-2H3,(H,23,27)(H,25,26). The van der Waals surface area contributed by atoms with Gasteiger partial charge in [-0.3, -0.25) is 9.59 Å². The molecule has 0 aliphatic heterocycles. The number of carbonyl (C=O) groups is 2. The summed E-state index contributed by atoms with van der Waals surface area (Å²) in [4.78, 5) is 29.3. The number of aromatic nitrogens is 1. The maximum Gasteiger partial charge on any atom is 0.263 e. The van der Waals surface area contributed by atoms with Crippen LogP contribution in [0.25, 0.3) is 10.6 Å². The summed E-state index contributed by atoms with van der Waals surface area (Å²) in [6, 6.07) is 17.3. The van der Waals surface area contributed by atoms with Crippen LogP contribution in [0.1, 0.15) is 35.5 Å². The molecule has 28 heavy (non-hydrogen) atoms. The van der Waals surface area contributed by atoms with Crippen molar-refractivity contribution in [2.75, 3.05) is 5.32 Å². The van der Waals surface area contributed by atoms with E-state index in [4.69, 9.17) is 0 Å². The summed E-state index contributed by atoms with van der Waals surface area (Å²) in [5.41, 5.74) is 2.65. The zero-order valence-electron chi connectivity index (χ0n) is 15.9. The topological polar surface area (TPSA) is 71.1 Å². The largest absolute Gasteiger partial charge is 0.347 e. The van der Waals surface area contributed by atoms with Gasteiger partial charge in [-0.25, -0.2) is 4.98 Å². The van der Waals surface area contributed by atoms with Crippen molar-refractivity contribution in [2.24, 2.45) is 5.92 Å². The Morgan fingerprint density at radius 2 is 1.86 bits per heavy atom. The van der Waals surface area contributed by atoms with Gasteiger partial charge in [-0.15, -0.1) is 11.3 Å². The van der Waals surface area contributed by atoms with Gasteiger partial charge < -0.3 is 10.6 Å². The highest BCUT2D eigenvalue weighted by Gasteiger charge is 2.12. The van der Waals surface area contributed by atoms with Gasteiger partial charge in [0.2, 0.25) is 5.91 Å². The van der Waals surface area contributed by atoms with E-state index >= 15 is 0 Å². The summed E-state index contributed by atoms with van der Waals surface area (Å²) in [6.07, 6.45) is 2.08. The zero-order valence-corrected chi connectivity index (χ0v) is 16.8. The van der Waals surface area contributed by atoms with Crippen molar-refractivity contribution in [1.29, 1.82) is 0 Å². The van der Waals surface area contributed by atoms with Crippen molar-refractivity contribution >= 4 is 28.8 Å². The van der Waals surface area contributed by atoms with Crippen molar-refractivity contribution in [2.45, 2.75) is 26.8 Å². The summed E-state index contributed by atoms with van der Waals surface area (Å²) in [6.45, 7) is 4.40. The van der Waals surface area contributed by atoms with Crippen LogP contribution in [-0.2, 0) is 11.3 Å². The molecule has 5 nitrogen and oxygen atoms in total. The van der Waals surface area contributed by atoms with Gasteiger partial charge in [-0.1, -0.05) is 56.3 Å². The Hall–Kier alpha value is -2.99. The van der Waals surface area contributed by atoms with Crippen molar-refractivity contribution in [3.63, 3.8) is 0 Å². The number of amides is 2. The molecule has 0 saturated heterocycles. The van der Waals surface area contributed by atoms with Gasteiger partial charge in [0.25, 0.3) is 5.91 Å². The van der Waals surface area contributed by atoms with Gasteiger partial charge in [-0.05, 0) is 23.6 Å². The highest BCUT2D eigenvalue weighted by Crippen LogP contribution is 2.24. The highest BCUT2D eigenvalue weighted by molar-refractivity contribution is 7.16. The van der Waals surface area contributed by atoms with Crippen LogP contribution in [0.5, 0.6) is 0 Å². The van der Waals surface area contributed by atoms with Crippen molar-refractivity contribution in [3.05, 3.63) is 71.2 Å². The highest BCUT2D eigenvalue weighted by atomic mass is 32.1. The van der Waals surface area contributed by atoms with E-state index in [2.05, 4.69) is 15.6 Å². The molecule has 0 aliphatic rings. The first kappa shape index (κ1) is 19.8. The quantitative estimate of drug-likeness (QED) is 0.610. The fraction of sp³-hybridized carbons (Fsp3) is 0.227. The molecule has 3 aromatic rings. The fourth-order valence-corrected chi connectivity index (χ4v) is 3.54. The smallest absolute Gasteiger partial charge is 0.263 e. The average molecular weight is 394 g/mol. The molecule has 0 bridgehead atoms. The van der Waals surface area contributed by atoms with Crippen molar-refractivity contribution in [3.8, 4) is 10.6 Å². The first-order chi connectivity index (χ1) is 13.5. The molecule has 0 unspecified atom stereocenters. The lowest BCUT2D eigenvalue weighted by Crippen LogP contribution is -2.22. The number of thiazole rings is 1. The van der Waals surface area contributed by atoms with E-state index < -0.39 is 0 Å². The molecule has 0 saturated carbocycles. The van der Waals surface area contributed by atoms with E-state index in [1.165, 1.54) is 11.3 Å². The van der Waals surface area contributed by atoms with Crippen molar-refractivity contribution in [1.82, 2.24) is 10.3 Å². The van der Waals surface area contributed by atoms with E-state index in [1.807, 2.05) is 68.4 Å². The molecule has 6 heteroatoms. The Balaban J connectivity index is 1.58. The van der Waals surface area contributed by atoms with Gasteiger partial charge in [-0.2, -0.15) is 0 Å². The van der Waals surface area contributed by atoms with Crippen molar-refractivity contribution < 1.29 is 9.59 Å². The number of anilines is 1. The minimum absolute atomic E-state index is 0.00529. The molecule has 3 rings (SSSR count). The number of benzene rings is 2. The zero-order chi connectivity index (χ0) is 19.9. The molecule has 0 atom stereocenters. The third-order valence-electron chi connectivity index (χ3n) is 4.01. The van der Waals surface area contributed by atoms with Crippen LogP contribution in [0.2, 0.25) is 0 Å². The molecule has 2 N–H and O–H groups in total. The van der Waals surface area contributed by atoms with Crippen LogP contribution in [0.3, 0.4) is 0 Å². The third-order valence-corrected chi connectivity index (χ3v) is 5.05. The van der Waals surface area contributed by atoms with E-state index in [1.54, 1.807) is 6.20 Å². The molecule has 0 aliphatic carbocycles. The second-order valence-electron chi connectivity index (χ2n) is 6.92. The van der Waals surface area contributed by atoms with Gasteiger partial charge in [0, 0.05) is 24.2 Å². The van der Waals surface area contributed by atoms with Crippen LogP contribution < -0.4 is 10.6 Å². The van der Waals surface area contributed by atoms with Gasteiger partial charge in [0.1, 0.15) is 9.88 Å². The Bertz CT molecular complexity index is 951. The van der Waals surface area contributed by atoms with Gasteiger partial charge >= 0.3 is 0 Å². The van der Waals surface area contributed by atoms with Gasteiger partial charge in [0.05, 0.1) is 6.20 Å². The minimum Gasteiger partial charge on any atom is -0.347 e. The molecule has 2 aromatic carbocycles. The number of carbonyl (C=O) groups excluding carboxylic acids is 2. The van der Waals surface area contributed by atoms with Crippen LogP contribution in [0.15, 0.2) is 60.8 Å². The first-order valence-electron chi connectivity index (χ1n) is 9.19. The predicted octanol–water partition coefficient (Wildman–Crippen LogP) is 4.72. The maximum atomic E-state index is 12.4. The van der Waals surface area contributed by atoms with E-state index in [0.717, 1.165) is 21.8 Å². The lowest BCUT2D eigenvalue weighted by Gasteiger charge is -2.09. The Labute approximate surface area is 168 Å². The number of nitrogens with one attached hydrogen (secondary N) is 2. The fourth-order valence-electron chi connectivity index (χ4n) is 2.70. The predicted molar refractivity (Wildman–Crippen MR) is 113 cm³/mol. The Morgan fingerprint density at radius 1 is 1.07 bits per heavy atom. The summed E-state index contributed by atoms with van der Waals surface area (Å²) >= 11 is 1.37. The molecule has 0 radical (unpaired) electrons. The first-order valence-corrected chi connectivity index (χ1v) is 10.0. The monoisotopic (exact) mass is 393 g/mol. The molecule has 2 amide bonds. The molecule has 144 valence electrons. The second kappa shape index (κ2) is 9.28. The van der Waals surface area contributed by atoms with E-state index in [9.17, 15) is 9.59 Å². The summed E-state index contributed by atoms with van der Waals surface area (Å²) in [7, 11) is 0. The van der Waals surface area contributed by atoms with Crippen LogP contribution in [0.4, 0.5) is 5.69 Å². The molecular formula is C22H23N3O2S. The maximum absolute atomic E-state index is 12.4. The minimum atomic E-state index is -0.158. The second-order valence-corrected chi connectivity index (χ2v) is 7.96. The normalized spacial score (nSPS) is 10.7. The summed E-state index contributed by atoms with van der Waals surface area (Å²) < 4.78 is 0. The molecule has 1 heterocycles. The van der Waals surface area contributed by atoms with Crippen LogP contribution in [-0.4, -0.2) is 16.8 Å². The number of hydrogen-bond donors (Lipinski definition) is 2. The summed E-state index contributed by atoms with van der Waals surface area (Å²) in [5, 5.41) is 6.63. The molecule has 1 aromatic heterocycles. The number of hydrogen-bond acceptors (Lipinski definition) is 4. The number of nitrogens with zero attached hydrogens (tertiary/aromatic N) is 1. The average Bonchev–Trinajstić information content (AvgIpc) is 3.17. The third kappa shape index (κ3) is 5.50. The van der Waals surface area contributed by atoms with Crippen LogP contribution in [0, 0.1) is 5.92 Å². The van der Waals surface area contributed by atoms with E-state index in [0.29, 0.717) is 23.8 Å². The van der Waals surface area contributed by atoms with Gasteiger partial charge in [0.15, 0.2) is 0 Å². The molecular weight excluding hydrogens is 370 g/mol. The molecule has 0 spiro atoms.